The maximum atomic E-state index is 12.3. The van der Waals surface area contributed by atoms with Crippen LogP contribution in [0.25, 0.3) is 21.5 Å². The van der Waals surface area contributed by atoms with Crippen molar-refractivity contribution < 1.29 is 4.79 Å². The van der Waals surface area contributed by atoms with Crippen molar-refractivity contribution in [2.75, 3.05) is 0 Å². The summed E-state index contributed by atoms with van der Waals surface area (Å²) in [6.07, 6.45) is 2.71. The van der Waals surface area contributed by atoms with Crippen LogP contribution in [0.1, 0.15) is 28.8 Å². The van der Waals surface area contributed by atoms with Crippen LogP contribution in [0.15, 0.2) is 48.5 Å². The summed E-state index contributed by atoms with van der Waals surface area (Å²) in [5.41, 5.74) is 2.20. The topological polar surface area (TPSA) is 17.1 Å². The zero-order chi connectivity index (χ0) is 12.8. The van der Waals surface area contributed by atoms with E-state index in [0.29, 0.717) is 12.2 Å². The molecule has 0 aromatic heterocycles. The summed E-state index contributed by atoms with van der Waals surface area (Å²) in [5.74, 6) is 0.309. The zero-order valence-electron chi connectivity index (χ0n) is 10.6. The normalized spacial score (nSPS) is 14.8. The summed E-state index contributed by atoms with van der Waals surface area (Å²) in [6.45, 7) is 0. The lowest BCUT2D eigenvalue weighted by Gasteiger charge is -2.18. The van der Waals surface area contributed by atoms with E-state index in [1.807, 2.05) is 6.07 Å². The van der Waals surface area contributed by atoms with Gasteiger partial charge in [-0.1, -0.05) is 48.5 Å². The Kier molecular flexibility index (Phi) is 2.22. The number of rotatable bonds is 0. The maximum absolute atomic E-state index is 12.3. The van der Waals surface area contributed by atoms with Crippen LogP contribution in [0.3, 0.4) is 0 Å². The molecular formula is C18H14O. The zero-order valence-corrected chi connectivity index (χ0v) is 10.6. The predicted octanol–water partition coefficient (Wildman–Crippen LogP) is 4.51. The highest BCUT2D eigenvalue weighted by atomic mass is 16.1. The van der Waals surface area contributed by atoms with Crippen molar-refractivity contribution in [1.29, 1.82) is 0 Å². The molecular weight excluding hydrogens is 232 g/mol. The first-order valence-electron chi connectivity index (χ1n) is 6.81. The molecule has 3 aromatic rings. The number of aryl methyl sites for hydroxylation is 1. The number of ketones is 1. The van der Waals surface area contributed by atoms with Crippen LogP contribution in [-0.4, -0.2) is 5.78 Å². The van der Waals surface area contributed by atoms with E-state index in [1.54, 1.807) is 0 Å². The molecule has 0 bridgehead atoms. The van der Waals surface area contributed by atoms with Crippen LogP contribution < -0.4 is 0 Å². The molecule has 1 aliphatic rings. The molecule has 0 radical (unpaired) electrons. The molecule has 0 fully saturated rings. The minimum absolute atomic E-state index is 0.309. The van der Waals surface area contributed by atoms with Crippen LogP contribution >= 0.6 is 0 Å². The summed E-state index contributed by atoms with van der Waals surface area (Å²) in [5, 5.41) is 4.74. The fourth-order valence-corrected chi connectivity index (χ4v) is 3.23. The summed E-state index contributed by atoms with van der Waals surface area (Å²) in [7, 11) is 0. The van der Waals surface area contributed by atoms with E-state index in [2.05, 4.69) is 42.5 Å². The second-order valence-electron chi connectivity index (χ2n) is 5.26. The third-order valence-electron chi connectivity index (χ3n) is 4.13. The lowest BCUT2D eigenvalue weighted by Crippen LogP contribution is -2.11. The lowest BCUT2D eigenvalue weighted by atomic mass is 9.85. The molecule has 3 aromatic carbocycles. The molecule has 0 spiro atoms. The summed E-state index contributed by atoms with van der Waals surface area (Å²) in [6, 6.07) is 16.9. The maximum Gasteiger partial charge on any atom is 0.163 e. The van der Waals surface area contributed by atoms with Crippen molar-refractivity contribution >= 4 is 27.3 Å². The molecule has 19 heavy (non-hydrogen) atoms. The smallest absolute Gasteiger partial charge is 0.163 e. The number of hydrogen-bond acceptors (Lipinski definition) is 1. The first-order chi connectivity index (χ1) is 9.34. The van der Waals surface area contributed by atoms with Gasteiger partial charge in [-0.2, -0.15) is 0 Å². The average Bonchev–Trinajstić information content (AvgIpc) is 2.47. The third kappa shape index (κ3) is 1.51. The highest BCUT2D eigenvalue weighted by Gasteiger charge is 2.20. The van der Waals surface area contributed by atoms with E-state index >= 15 is 0 Å². The van der Waals surface area contributed by atoms with Crippen LogP contribution in [0.2, 0.25) is 0 Å². The van der Waals surface area contributed by atoms with Gasteiger partial charge in [0.1, 0.15) is 0 Å². The number of carbonyl (C=O) groups is 1. The van der Waals surface area contributed by atoms with Crippen molar-refractivity contribution in [3.8, 4) is 0 Å². The molecule has 1 aliphatic carbocycles. The second kappa shape index (κ2) is 3.92. The molecule has 0 N–H and O–H groups in total. The Morgan fingerprint density at radius 1 is 0.789 bits per heavy atom. The highest BCUT2D eigenvalue weighted by Crippen LogP contribution is 2.33. The van der Waals surface area contributed by atoms with Gasteiger partial charge in [-0.25, -0.2) is 0 Å². The van der Waals surface area contributed by atoms with Crippen molar-refractivity contribution in [2.45, 2.75) is 19.3 Å². The standard InChI is InChI=1S/C18H14O/c19-16-7-3-5-13-10-11-14-9-8-12-4-1-2-6-15(12)17(14)18(13)16/h1-2,4,6,8-11H,3,5,7H2. The van der Waals surface area contributed by atoms with Crippen LogP contribution in [0.5, 0.6) is 0 Å². The van der Waals surface area contributed by atoms with Gasteiger partial charge in [-0.3, -0.25) is 4.79 Å². The summed E-state index contributed by atoms with van der Waals surface area (Å²) < 4.78 is 0. The van der Waals surface area contributed by atoms with Crippen molar-refractivity contribution in [3.63, 3.8) is 0 Å². The number of hydrogen-bond donors (Lipinski definition) is 0. The molecule has 1 nitrogen and oxygen atoms in total. The van der Waals surface area contributed by atoms with E-state index < -0.39 is 0 Å². The predicted molar refractivity (Wildman–Crippen MR) is 78.7 cm³/mol. The molecule has 0 saturated carbocycles. The second-order valence-corrected chi connectivity index (χ2v) is 5.26. The molecule has 1 heteroatoms. The van der Waals surface area contributed by atoms with E-state index in [4.69, 9.17) is 0 Å². The lowest BCUT2D eigenvalue weighted by molar-refractivity contribution is 0.0974. The van der Waals surface area contributed by atoms with Crippen LogP contribution in [-0.2, 0) is 6.42 Å². The Labute approximate surface area is 111 Å². The van der Waals surface area contributed by atoms with Crippen LogP contribution in [0.4, 0.5) is 0 Å². The first kappa shape index (κ1) is 10.7. The number of carbonyl (C=O) groups excluding carboxylic acids is 1. The summed E-state index contributed by atoms with van der Waals surface area (Å²) in [4.78, 5) is 12.3. The number of fused-ring (bicyclic) bond motifs is 5. The van der Waals surface area contributed by atoms with Crippen molar-refractivity contribution in [3.05, 3.63) is 59.7 Å². The van der Waals surface area contributed by atoms with E-state index in [9.17, 15) is 4.79 Å². The van der Waals surface area contributed by atoms with Gasteiger partial charge in [-0.15, -0.1) is 0 Å². The molecule has 0 aliphatic heterocycles. The largest absolute Gasteiger partial charge is 0.294 e. The van der Waals surface area contributed by atoms with E-state index in [1.165, 1.54) is 21.7 Å². The summed E-state index contributed by atoms with van der Waals surface area (Å²) >= 11 is 0. The van der Waals surface area contributed by atoms with E-state index in [-0.39, 0.29) is 0 Å². The van der Waals surface area contributed by atoms with Gasteiger partial charge in [0.25, 0.3) is 0 Å². The van der Waals surface area contributed by atoms with Gasteiger partial charge < -0.3 is 0 Å². The third-order valence-corrected chi connectivity index (χ3v) is 4.13. The van der Waals surface area contributed by atoms with E-state index in [0.717, 1.165) is 23.8 Å². The van der Waals surface area contributed by atoms with Crippen molar-refractivity contribution in [1.82, 2.24) is 0 Å². The van der Waals surface area contributed by atoms with Gasteiger partial charge in [0, 0.05) is 17.4 Å². The van der Waals surface area contributed by atoms with Gasteiger partial charge in [0.2, 0.25) is 0 Å². The first-order valence-corrected chi connectivity index (χ1v) is 6.81. The van der Waals surface area contributed by atoms with Gasteiger partial charge in [0.15, 0.2) is 5.78 Å². The molecule has 0 amide bonds. The molecule has 0 atom stereocenters. The van der Waals surface area contributed by atoms with Gasteiger partial charge >= 0.3 is 0 Å². The van der Waals surface area contributed by atoms with Gasteiger partial charge in [-0.05, 0) is 34.6 Å². The highest BCUT2D eigenvalue weighted by molar-refractivity contribution is 6.19. The Morgan fingerprint density at radius 2 is 1.58 bits per heavy atom. The minimum Gasteiger partial charge on any atom is -0.294 e. The monoisotopic (exact) mass is 246 g/mol. The molecule has 0 saturated heterocycles. The Morgan fingerprint density at radius 3 is 2.53 bits per heavy atom. The molecule has 4 rings (SSSR count). The Balaban J connectivity index is 2.25. The number of Topliss-reactive ketones (excluding diaryl/α,β-unsaturated/α-hetero) is 1. The fourth-order valence-electron chi connectivity index (χ4n) is 3.23. The Bertz CT molecular complexity index is 814. The fraction of sp³-hybridized carbons (Fsp3) is 0.167. The SMILES string of the molecule is O=C1CCCc2ccc3ccc4ccccc4c3c21. The molecule has 0 heterocycles. The molecule has 92 valence electrons. The Hall–Kier alpha value is -2.15. The molecule has 0 unspecified atom stereocenters. The van der Waals surface area contributed by atoms with Crippen molar-refractivity contribution in [2.24, 2.45) is 0 Å². The minimum atomic E-state index is 0.309. The van der Waals surface area contributed by atoms with Crippen LogP contribution in [0, 0.1) is 0 Å². The quantitative estimate of drug-likeness (QED) is 0.533. The van der Waals surface area contributed by atoms with Gasteiger partial charge in [0.05, 0.1) is 0 Å². The average molecular weight is 246 g/mol. The number of benzene rings is 3.